The Morgan fingerprint density at radius 3 is 2.89 bits per heavy atom. The molecule has 12 heteroatoms. The maximum Gasteiger partial charge on any atom is 0.240 e. The molecule has 0 saturated carbocycles. The number of sulfonamides is 1. The number of benzene rings is 2. The molecule has 0 unspecified atom stereocenters. The molecule has 2 N–H and O–H groups in total. The Morgan fingerprint density at radius 2 is 2.08 bits per heavy atom. The van der Waals surface area contributed by atoms with E-state index in [0.29, 0.717) is 47.6 Å². The molecular formula is C25H26F2N4O4S2. The van der Waals surface area contributed by atoms with Gasteiger partial charge in [0.1, 0.15) is 17.1 Å². The number of nitrogens with one attached hydrogen (secondary N) is 2. The van der Waals surface area contributed by atoms with Gasteiger partial charge in [-0.3, -0.25) is 9.78 Å². The zero-order chi connectivity index (χ0) is 26.2. The van der Waals surface area contributed by atoms with E-state index < -0.39 is 21.7 Å². The fourth-order valence-electron chi connectivity index (χ4n) is 4.73. The number of hydrogen-bond donors (Lipinski definition) is 2. The number of fused-ring (bicyclic) bond motifs is 2. The van der Waals surface area contributed by atoms with Crippen LogP contribution < -0.4 is 14.8 Å². The highest BCUT2D eigenvalue weighted by atomic mass is 32.2. The number of pyridine rings is 1. The molecule has 196 valence electrons. The van der Waals surface area contributed by atoms with E-state index in [1.165, 1.54) is 37.1 Å². The Labute approximate surface area is 217 Å². The molecule has 2 aliphatic rings. The lowest BCUT2D eigenvalue weighted by Crippen LogP contribution is -2.31. The van der Waals surface area contributed by atoms with Crippen LogP contribution >= 0.6 is 11.8 Å². The monoisotopic (exact) mass is 548 g/mol. The Hall–Kier alpha value is -2.80. The lowest BCUT2D eigenvalue weighted by Gasteiger charge is -2.18. The number of likely N-dealkylation sites (tertiary alicyclic amines) is 1. The lowest BCUT2D eigenvalue weighted by atomic mass is 10.0. The van der Waals surface area contributed by atoms with E-state index in [1.54, 1.807) is 12.1 Å². The first-order valence-electron chi connectivity index (χ1n) is 11.8. The molecular weight excluding hydrogens is 522 g/mol. The van der Waals surface area contributed by atoms with Crippen LogP contribution in [0.25, 0.3) is 10.9 Å². The number of carbonyl (C=O) groups excluding carboxylic acids is 1. The van der Waals surface area contributed by atoms with Crippen molar-refractivity contribution in [3.05, 3.63) is 53.7 Å². The van der Waals surface area contributed by atoms with Gasteiger partial charge in [-0.25, -0.2) is 21.9 Å². The number of thioether (sulfide) groups is 1. The summed E-state index contributed by atoms with van der Waals surface area (Å²) in [7, 11) is -2.32. The van der Waals surface area contributed by atoms with Crippen molar-refractivity contribution in [1.82, 2.24) is 14.6 Å². The van der Waals surface area contributed by atoms with Gasteiger partial charge >= 0.3 is 0 Å². The normalized spacial score (nSPS) is 18.1. The first-order chi connectivity index (χ1) is 17.7. The van der Waals surface area contributed by atoms with Crippen molar-refractivity contribution in [2.45, 2.75) is 22.6 Å². The third kappa shape index (κ3) is 5.57. The van der Waals surface area contributed by atoms with Gasteiger partial charge in [0.25, 0.3) is 0 Å². The van der Waals surface area contributed by atoms with E-state index in [4.69, 9.17) is 4.74 Å². The highest BCUT2D eigenvalue weighted by molar-refractivity contribution is 8.00. The van der Waals surface area contributed by atoms with Gasteiger partial charge in [-0.1, -0.05) is 0 Å². The van der Waals surface area contributed by atoms with Crippen LogP contribution in [0.3, 0.4) is 0 Å². The van der Waals surface area contributed by atoms with E-state index >= 15 is 0 Å². The molecule has 2 aromatic carbocycles. The number of nitrogens with zero attached hydrogens (tertiary/aromatic N) is 2. The number of anilines is 1. The summed E-state index contributed by atoms with van der Waals surface area (Å²) in [5.74, 6) is -0.515. The molecule has 0 spiro atoms. The fourth-order valence-corrected chi connectivity index (χ4v) is 6.66. The molecule has 1 fully saturated rings. The summed E-state index contributed by atoms with van der Waals surface area (Å²) < 4.78 is 62.6. The van der Waals surface area contributed by atoms with Gasteiger partial charge < -0.3 is 15.0 Å². The van der Waals surface area contributed by atoms with Crippen molar-refractivity contribution in [3.8, 4) is 5.75 Å². The second-order valence-electron chi connectivity index (χ2n) is 9.14. The maximum atomic E-state index is 14.6. The number of rotatable bonds is 8. The standard InChI is InChI=1S/C25H26F2N4O4S2/c1-35-16-8-19-18(21(27)12-28-25(19)20(26)9-16)5-7-31-6-4-15(13-31)11-29-37(33,34)17-2-3-23-22(10-17)30-24(32)14-36-23/h2-3,8-10,12,15,29H,4-7,11,13-14H2,1H3,(H,30,32)/t15-/m0/s1. The first kappa shape index (κ1) is 25.8. The Balaban J connectivity index is 1.20. The van der Waals surface area contributed by atoms with E-state index in [9.17, 15) is 22.0 Å². The molecule has 5 rings (SSSR count). The highest BCUT2D eigenvalue weighted by Crippen LogP contribution is 2.33. The van der Waals surface area contributed by atoms with Crippen LogP contribution in [0.1, 0.15) is 12.0 Å². The third-order valence-electron chi connectivity index (χ3n) is 6.70. The minimum absolute atomic E-state index is 0.0965. The second kappa shape index (κ2) is 10.5. The minimum atomic E-state index is -3.75. The predicted octanol–water partition coefficient (Wildman–Crippen LogP) is 3.41. The molecule has 3 heterocycles. The average molecular weight is 549 g/mol. The molecule has 1 aromatic heterocycles. The zero-order valence-corrected chi connectivity index (χ0v) is 21.7. The molecule has 0 bridgehead atoms. The molecule has 37 heavy (non-hydrogen) atoms. The highest BCUT2D eigenvalue weighted by Gasteiger charge is 2.26. The quantitative estimate of drug-likeness (QED) is 0.445. The summed E-state index contributed by atoms with van der Waals surface area (Å²) in [4.78, 5) is 18.6. The molecule has 1 saturated heterocycles. The summed E-state index contributed by atoms with van der Waals surface area (Å²) in [6, 6.07) is 7.54. The van der Waals surface area contributed by atoms with Gasteiger partial charge in [-0.05, 0) is 49.6 Å². The van der Waals surface area contributed by atoms with E-state index in [0.717, 1.165) is 24.1 Å². The van der Waals surface area contributed by atoms with Crippen LogP contribution in [0.2, 0.25) is 0 Å². The fraction of sp³-hybridized carbons (Fsp3) is 0.360. The zero-order valence-electron chi connectivity index (χ0n) is 20.1. The van der Waals surface area contributed by atoms with Gasteiger partial charge in [0, 0.05) is 41.5 Å². The number of carbonyl (C=O) groups is 1. The van der Waals surface area contributed by atoms with E-state index in [-0.39, 0.29) is 28.8 Å². The van der Waals surface area contributed by atoms with Crippen molar-refractivity contribution in [2.24, 2.45) is 5.92 Å². The first-order valence-corrected chi connectivity index (χ1v) is 14.3. The van der Waals surface area contributed by atoms with Crippen molar-refractivity contribution < 1.29 is 26.7 Å². The number of aromatic nitrogens is 1. The molecule has 1 atom stereocenters. The van der Waals surface area contributed by atoms with Crippen LogP contribution in [0, 0.1) is 17.6 Å². The molecule has 1 amide bonds. The third-order valence-corrected chi connectivity index (χ3v) is 9.19. The van der Waals surface area contributed by atoms with Crippen molar-refractivity contribution in [2.75, 3.05) is 44.4 Å². The largest absolute Gasteiger partial charge is 0.497 e. The molecule has 0 radical (unpaired) electrons. The van der Waals surface area contributed by atoms with Crippen LogP contribution in [-0.2, 0) is 21.2 Å². The lowest BCUT2D eigenvalue weighted by molar-refractivity contribution is -0.113. The summed E-state index contributed by atoms with van der Waals surface area (Å²) in [6.07, 6.45) is 2.19. The maximum absolute atomic E-state index is 14.6. The Kier molecular flexibility index (Phi) is 7.35. The van der Waals surface area contributed by atoms with E-state index in [2.05, 4.69) is 19.9 Å². The van der Waals surface area contributed by atoms with Crippen LogP contribution in [0.15, 0.2) is 46.3 Å². The van der Waals surface area contributed by atoms with Gasteiger partial charge in [0.2, 0.25) is 15.9 Å². The topological polar surface area (TPSA) is 101 Å². The molecule has 2 aliphatic heterocycles. The summed E-state index contributed by atoms with van der Waals surface area (Å²) >= 11 is 1.37. The number of amides is 1. The van der Waals surface area contributed by atoms with Gasteiger partial charge in [0.05, 0.1) is 29.6 Å². The van der Waals surface area contributed by atoms with Crippen LogP contribution in [-0.4, -0.2) is 63.3 Å². The molecule has 8 nitrogen and oxygen atoms in total. The molecule has 3 aromatic rings. The van der Waals surface area contributed by atoms with Gasteiger partial charge in [0.15, 0.2) is 5.82 Å². The van der Waals surface area contributed by atoms with Crippen molar-refractivity contribution in [1.29, 1.82) is 0 Å². The number of halogens is 2. The number of methoxy groups -OCH3 is 1. The second-order valence-corrected chi connectivity index (χ2v) is 11.9. The minimum Gasteiger partial charge on any atom is -0.497 e. The number of ether oxygens (including phenoxy) is 1. The van der Waals surface area contributed by atoms with Gasteiger partial charge in [-0.2, -0.15) is 0 Å². The predicted molar refractivity (Wildman–Crippen MR) is 137 cm³/mol. The summed E-state index contributed by atoms with van der Waals surface area (Å²) in [5, 5.41) is 3.10. The van der Waals surface area contributed by atoms with Crippen LogP contribution in [0.5, 0.6) is 5.75 Å². The number of hydrogen-bond acceptors (Lipinski definition) is 7. The average Bonchev–Trinajstić information content (AvgIpc) is 3.34. The van der Waals surface area contributed by atoms with Crippen molar-refractivity contribution >= 4 is 44.3 Å². The van der Waals surface area contributed by atoms with Gasteiger partial charge in [-0.15, -0.1) is 11.8 Å². The Morgan fingerprint density at radius 1 is 1.24 bits per heavy atom. The summed E-state index contributed by atoms with van der Waals surface area (Å²) in [6.45, 7) is 2.21. The van der Waals surface area contributed by atoms with E-state index in [1.807, 2.05) is 0 Å². The van der Waals surface area contributed by atoms with Crippen molar-refractivity contribution in [3.63, 3.8) is 0 Å². The molecule has 0 aliphatic carbocycles. The smallest absolute Gasteiger partial charge is 0.240 e. The Bertz CT molecular complexity index is 1470. The van der Waals surface area contributed by atoms with Crippen LogP contribution in [0.4, 0.5) is 14.5 Å². The SMILES string of the molecule is COc1cc(F)c2ncc(F)c(CCN3CC[C@@H](CNS(=O)(=O)c4ccc5c(c4)NC(=O)CS5)C3)c2c1. The summed E-state index contributed by atoms with van der Waals surface area (Å²) in [5.41, 5.74) is 0.986.